The number of rotatable bonds is 3. The molecule has 0 aliphatic carbocycles. The van der Waals surface area contributed by atoms with Crippen molar-refractivity contribution in [1.82, 2.24) is 0 Å². The molecule has 0 aliphatic heterocycles. The number of carbonyl (C=O) groups excluding carboxylic acids is 1. The second-order valence-electron chi connectivity index (χ2n) is 4.45. The topological polar surface area (TPSA) is 17.1 Å². The first-order valence-electron chi connectivity index (χ1n) is 5.21. The number of aryl methyl sites for hydroxylation is 2. The summed E-state index contributed by atoms with van der Waals surface area (Å²) in [6.45, 7) is 8.17. The highest BCUT2D eigenvalue weighted by atomic mass is 79.9. The lowest BCUT2D eigenvalue weighted by molar-refractivity contribution is 0.0967. The smallest absolute Gasteiger partial charge is 0.163 e. The van der Waals surface area contributed by atoms with Gasteiger partial charge >= 0.3 is 0 Å². The molecule has 0 bridgehead atoms. The Bertz CT molecular complexity index is 357. The molecule has 0 radical (unpaired) electrons. The number of ketones is 1. The van der Waals surface area contributed by atoms with Crippen LogP contribution in [0.15, 0.2) is 16.6 Å². The van der Waals surface area contributed by atoms with Gasteiger partial charge in [-0.15, -0.1) is 0 Å². The van der Waals surface area contributed by atoms with Crippen LogP contribution < -0.4 is 0 Å². The highest BCUT2D eigenvalue weighted by Crippen LogP contribution is 2.23. The van der Waals surface area contributed by atoms with E-state index in [1.165, 1.54) is 0 Å². The summed E-state index contributed by atoms with van der Waals surface area (Å²) in [5.74, 6) is 0.658. The van der Waals surface area contributed by atoms with Gasteiger partial charge in [-0.3, -0.25) is 4.79 Å². The van der Waals surface area contributed by atoms with E-state index < -0.39 is 0 Å². The summed E-state index contributed by atoms with van der Waals surface area (Å²) in [4.78, 5) is 11.9. The van der Waals surface area contributed by atoms with Gasteiger partial charge in [-0.1, -0.05) is 29.8 Å². The Labute approximate surface area is 100 Å². The molecule has 0 unspecified atom stereocenters. The van der Waals surface area contributed by atoms with Gasteiger partial charge in [-0.2, -0.15) is 0 Å². The summed E-state index contributed by atoms with van der Waals surface area (Å²) in [6, 6.07) is 3.92. The van der Waals surface area contributed by atoms with Gasteiger partial charge in [-0.05, 0) is 43.0 Å². The second kappa shape index (κ2) is 4.93. The largest absolute Gasteiger partial charge is 0.294 e. The summed E-state index contributed by atoms with van der Waals surface area (Å²) in [6.07, 6.45) is 0.626. The zero-order valence-electron chi connectivity index (χ0n) is 9.73. The summed E-state index contributed by atoms with van der Waals surface area (Å²) in [7, 11) is 0. The molecule has 0 saturated heterocycles. The van der Waals surface area contributed by atoms with E-state index in [1.54, 1.807) is 0 Å². The molecule has 0 aliphatic rings. The van der Waals surface area contributed by atoms with E-state index in [2.05, 4.69) is 29.8 Å². The van der Waals surface area contributed by atoms with Crippen LogP contribution in [0.25, 0.3) is 0 Å². The number of halogens is 1. The van der Waals surface area contributed by atoms with Crippen molar-refractivity contribution in [2.75, 3.05) is 0 Å². The van der Waals surface area contributed by atoms with Gasteiger partial charge in [-0.25, -0.2) is 0 Å². The van der Waals surface area contributed by atoms with Gasteiger partial charge in [0.1, 0.15) is 0 Å². The first kappa shape index (κ1) is 12.4. The van der Waals surface area contributed by atoms with Crippen molar-refractivity contribution in [2.45, 2.75) is 34.1 Å². The molecule has 1 aromatic rings. The standard InChI is InChI=1S/C13H17BrO/c1-8(2)5-12(15)11-6-9(3)13(14)10(4)7-11/h6-8H,5H2,1-4H3. The lowest BCUT2D eigenvalue weighted by Gasteiger charge is -2.08. The van der Waals surface area contributed by atoms with Crippen molar-refractivity contribution < 1.29 is 4.79 Å². The van der Waals surface area contributed by atoms with Crippen LogP contribution >= 0.6 is 15.9 Å². The lowest BCUT2D eigenvalue weighted by Crippen LogP contribution is -2.04. The third kappa shape index (κ3) is 3.16. The predicted molar refractivity (Wildman–Crippen MR) is 67.4 cm³/mol. The fourth-order valence-corrected chi connectivity index (χ4v) is 1.82. The quantitative estimate of drug-likeness (QED) is 0.748. The van der Waals surface area contributed by atoms with Crippen molar-refractivity contribution in [1.29, 1.82) is 0 Å². The monoisotopic (exact) mass is 268 g/mol. The highest BCUT2D eigenvalue weighted by Gasteiger charge is 2.10. The van der Waals surface area contributed by atoms with Crippen LogP contribution in [0.3, 0.4) is 0 Å². The van der Waals surface area contributed by atoms with E-state index in [4.69, 9.17) is 0 Å². The molecule has 1 rings (SSSR count). The van der Waals surface area contributed by atoms with Crippen LogP contribution in [0.1, 0.15) is 41.8 Å². The molecular formula is C13H17BrO. The molecule has 82 valence electrons. The van der Waals surface area contributed by atoms with Crippen molar-refractivity contribution in [3.8, 4) is 0 Å². The van der Waals surface area contributed by atoms with Crippen molar-refractivity contribution in [3.05, 3.63) is 33.3 Å². The first-order chi connectivity index (χ1) is 6.91. The SMILES string of the molecule is Cc1cc(C(=O)CC(C)C)cc(C)c1Br. The Hall–Kier alpha value is -0.630. The Morgan fingerprint density at radius 1 is 1.27 bits per heavy atom. The minimum absolute atomic E-state index is 0.240. The van der Waals surface area contributed by atoms with Gasteiger partial charge in [0, 0.05) is 16.5 Å². The van der Waals surface area contributed by atoms with Gasteiger partial charge in [0.2, 0.25) is 0 Å². The zero-order valence-corrected chi connectivity index (χ0v) is 11.3. The Kier molecular flexibility index (Phi) is 4.09. The molecular weight excluding hydrogens is 252 g/mol. The van der Waals surface area contributed by atoms with E-state index in [0.717, 1.165) is 21.2 Å². The van der Waals surface area contributed by atoms with Gasteiger partial charge < -0.3 is 0 Å². The molecule has 0 aromatic heterocycles. The molecule has 1 nitrogen and oxygen atoms in total. The maximum Gasteiger partial charge on any atom is 0.163 e. The second-order valence-corrected chi connectivity index (χ2v) is 5.24. The third-order valence-corrected chi connectivity index (χ3v) is 3.60. The number of hydrogen-bond acceptors (Lipinski definition) is 1. The zero-order chi connectivity index (χ0) is 11.6. The molecule has 0 amide bonds. The number of Topliss-reactive ketones (excluding diaryl/α,β-unsaturated/α-hetero) is 1. The fourth-order valence-electron chi connectivity index (χ4n) is 1.60. The van der Waals surface area contributed by atoms with Crippen LogP contribution in [-0.4, -0.2) is 5.78 Å². The van der Waals surface area contributed by atoms with E-state index in [0.29, 0.717) is 12.3 Å². The predicted octanol–water partition coefficient (Wildman–Crippen LogP) is 4.29. The van der Waals surface area contributed by atoms with Gasteiger partial charge in [0.25, 0.3) is 0 Å². The first-order valence-corrected chi connectivity index (χ1v) is 6.01. The molecule has 0 heterocycles. The Morgan fingerprint density at radius 2 is 1.73 bits per heavy atom. The average Bonchev–Trinajstić information content (AvgIpc) is 2.12. The summed E-state index contributed by atoms with van der Waals surface area (Å²) >= 11 is 3.50. The van der Waals surface area contributed by atoms with E-state index >= 15 is 0 Å². The highest BCUT2D eigenvalue weighted by molar-refractivity contribution is 9.10. The van der Waals surface area contributed by atoms with Crippen LogP contribution in [0.5, 0.6) is 0 Å². The molecule has 0 atom stereocenters. The molecule has 15 heavy (non-hydrogen) atoms. The number of hydrogen-bond donors (Lipinski definition) is 0. The Balaban J connectivity index is 3.01. The minimum atomic E-state index is 0.240. The number of carbonyl (C=O) groups is 1. The van der Waals surface area contributed by atoms with Crippen LogP contribution in [0.4, 0.5) is 0 Å². The maximum atomic E-state index is 11.9. The average molecular weight is 269 g/mol. The minimum Gasteiger partial charge on any atom is -0.294 e. The van der Waals surface area contributed by atoms with E-state index in [9.17, 15) is 4.79 Å². The third-order valence-electron chi connectivity index (χ3n) is 2.35. The van der Waals surface area contributed by atoms with Crippen molar-refractivity contribution >= 4 is 21.7 Å². The fraction of sp³-hybridized carbons (Fsp3) is 0.462. The lowest BCUT2D eigenvalue weighted by atomic mass is 9.98. The van der Waals surface area contributed by atoms with Crippen molar-refractivity contribution in [2.24, 2.45) is 5.92 Å². The molecule has 1 aromatic carbocycles. The maximum absolute atomic E-state index is 11.9. The van der Waals surface area contributed by atoms with E-state index in [-0.39, 0.29) is 5.78 Å². The summed E-state index contributed by atoms with van der Waals surface area (Å²) in [5.41, 5.74) is 3.09. The molecule has 0 fully saturated rings. The number of benzene rings is 1. The summed E-state index contributed by atoms with van der Waals surface area (Å²) < 4.78 is 1.10. The van der Waals surface area contributed by atoms with Crippen LogP contribution in [-0.2, 0) is 0 Å². The summed E-state index contributed by atoms with van der Waals surface area (Å²) in [5, 5.41) is 0. The van der Waals surface area contributed by atoms with E-state index in [1.807, 2.05) is 26.0 Å². The van der Waals surface area contributed by atoms with Crippen LogP contribution in [0, 0.1) is 19.8 Å². The van der Waals surface area contributed by atoms with Crippen LogP contribution in [0.2, 0.25) is 0 Å². The normalized spacial score (nSPS) is 10.8. The molecule has 0 saturated carbocycles. The Morgan fingerprint density at radius 3 is 2.13 bits per heavy atom. The molecule has 0 N–H and O–H groups in total. The molecule has 2 heteroatoms. The van der Waals surface area contributed by atoms with Crippen molar-refractivity contribution in [3.63, 3.8) is 0 Å². The van der Waals surface area contributed by atoms with Gasteiger partial charge in [0.05, 0.1) is 0 Å². The van der Waals surface area contributed by atoms with Gasteiger partial charge in [0.15, 0.2) is 5.78 Å². The molecule has 0 spiro atoms.